The number of carbonyl (C=O) groups is 1. The smallest absolute Gasteiger partial charge is 0.402 e. The number of nitrogens with zero attached hydrogens (tertiary/aromatic N) is 3. The van der Waals surface area contributed by atoms with Crippen molar-refractivity contribution in [3.05, 3.63) is 46.7 Å². The number of allylic oxidation sites excluding steroid dienone is 4. The van der Waals surface area contributed by atoms with Crippen molar-refractivity contribution in [3.63, 3.8) is 0 Å². The zero-order valence-corrected chi connectivity index (χ0v) is 17.6. The van der Waals surface area contributed by atoms with Gasteiger partial charge >= 0.3 is 11.8 Å². The monoisotopic (exact) mass is 452 g/mol. The third kappa shape index (κ3) is 4.44. The van der Waals surface area contributed by atoms with Crippen molar-refractivity contribution in [3.8, 4) is 0 Å². The van der Waals surface area contributed by atoms with Crippen LogP contribution in [0.2, 0.25) is 0 Å². The Balaban J connectivity index is 1.94. The third-order valence-electron chi connectivity index (χ3n) is 4.73. The van der Waals surface area contributed by atoms with Crippen LogP contribution in [0.15, 0.2) is 46.7 Å². The van der Waals surface area contributed by atoms with Gasteiger partial charge in [0.25, 0.3) is 5.71 Å². The van der Waals surface area contributed by atoms with Crippen molar-refractivity contribution in [1.29, 1.82) is 0 Å². The van der Waals surface area contributed by atoms with Crippen LogP contribution in [0.25, 0.3) is 0 Å². The van der Waals surface area contributed by atoms with Gasteiger partial charge in [-0.25, -0.2) is 10.0 Å². The van der Waals surface area contributed by atoms with E-state index in [1.54, 1.807) is 15.7 Å². The fourth-order valence-corrected chi connectivity index (χ4v) is 3.64. The first-order valence-corrected chi connectivity index (χ1v) is 9.83. The number of para-hydroxylation sites is 2. The summed E-state index contributed by atoms with van der Waals surface area (Å²) in [5.41, 5.74) is 2.92. The van der Waals surface area contributed by atoms with Gasteiger partial charge in [-0.05, 0) is 29.1 Å². The average Bonchev–Trinajstić information content (AvgIpc) is 2.71. The summed E-state index contributed by atoms with van der Waals surface area (Å²) in [4.78, 5) is 22.2. The lowest BCUT2D eigenvalue weighted by Gasteiger charge is -2.31. The number of quaternary nitrogens is 1. The topological polar surface area (TPSA) is 81.9 Å². The SMILES string of the molecule is CO/[N+](=C1/CC=CC(Br)=C1OC(=O)N1CCN(C)CC1)c1ccccc1[NH2+]O. The molecule has 1 amide bonds. The second kappa shape index (κ2) is 9.33. The molecule has 2 aliphatic rings. The molecule has 3 rings (SSSR count). The van der Waals surface area contributed by atoms with Crippen molar-refractivity contribution in [2.45, 2.75) is 6.42 Å². The highest BCUT2D eigenvalue weighted by Gasteiger charge is 2.34. The van der Waals surface area contributed by atoms with Gasteiger partial charge in [-0.2, -0.15) is 5.48 Å². The van der Waals surface area contributed by atoms with Gasteiger partial charge < -0.3 is 14.5 Å². The Labute approximate surface area is 172 Å². The number of rotatable bonds is 4. The van der Waals surface area contributed by atoms with Gasteiger partial charge in [-0.3, -0.25) is 4.84 Å². The molecule has 0 unspecified atom stereocenters. The van der Waals surface area contributed by atoms with Crippen LogP contribution >= 0.6 is 15.9 Å². The summed E-state index contributed by atoms with van der Waals surface area (Å²) in [6, 6.07) is 7.27. The first-order valence-electron chi connectivity index (χ1n) is 9.03. The number of ether oxygens (including phenoxy) is 1. The number of carbonyl (C=O) groups excluding carboxylic acids is 1. The van der Waals surface area contributed by atoms with Crippen LogP contribution in [-0.4, -0.2) is 71.9 Å². The zero-order chi connectivity index (χ0) is 20.1. The van der Waals surface area contributed by atoms with Crippen molar-refractivity contribution in [2.24, 2.45) is 0 Å². The van der Waals surface area contributed by atoms with Gasteiger partial charge in [-0.1, -0.05) is 18.2 Å². The van der Waals surface area contributed by atoms with E-state index in [0.717, 1.165) is 18.6 Å². The molecule has 3 N–H and O–H groups in total. The fraction of sp³-hybridized carbons (Fsp3) is 0.368. The van der Waals surface area contributed by atoms with Crippen LogP contribution in [-0.2, 0) is 9.57 Å². The van der Waals surface area contributed by atoms with E-state index in [0.29, 0.717) is 46.8 Å². The third-order valence-corrected chi connectivity index (χ3v) is 5.35. The van der Waals surface area contributed by atoms with Crippen molar-refractivity contribution < 1.29 is 29.8 Å². The van der Waals surface area contributed by atoms with Gasteiger partial charge in [0.15, 0.2) is 0 Å². The fourth-order valence-electron chi connectivity index (χ4n) is 3.14. The van der Waals surface area contributed by atoms with E-state index in [1.165, 1.54) is 7.11 Å². The Hall–Kier alpha value is -2.20. The molecule has 0 atom stereocenters. The molecule has 1 aromatic rings. The average molecular weight is 453 g/mol. The van der Waals surface area contributed by atoms with Crippen molar-refractivity contribution in [1.82, 2.24) is 9.80 Å². The summed E-state index contributed by atoms with van der Waals surface area (Å²) >= 11 is 3.49. The Morgan fingerprint density at radius 1 is 1.25 bits per heavy atom. The summed E-state index contributed by atoms with van der Waals surface area (Å²) in [6.45, 7) is 2.88. The maximum Gasteiger partial charge on any atom is 0.415 e. The molecule has 1 aliphatic carbocycles. The van der Waals surface area contributed by atoms with E-state index in [-0.39, 0.29) is 6.09 Å². The highest BCUT2D eigenvalue weighted by atomic mass is 79.9. The first kappa shape index (κ1) is 20.5. The molecule has 0 spiro atoms. The molecule has 1 fully saturated rings. The Kier molecular flexibility index (Phi) is 6.84. The highest BCUT2D eigenvalue weighted by molar-refractivity contribution is 9.11. The second-order valence-electron chi connectivity index (χ2n) is 6.55. The standard InChI is InChI=1S/C19H24BrN4O4/c1-22-10-12-23(13-11-22)19(25)28-18-14(20)6-5-9-17(18)24(27-2)16-8-4-3-7-15(16)21-26/h3-8,21,26H,9-13H2,1-2H3/q+1/p+1/b24-17-. The van der Waals surface area contributed by atoms with E-state index in [2.05, 4.69) is 20.8 Å². The zero-order valence-electron chi connectivity index (χ0n) is 16.0. The number of halogens is 1. The molecule has 1 aromatic carbocycles. The minimum absolute atomic E-state index is 0.383. The van der Waals surface area contributed by atoms with E-state index < -0.39 is 0 Å². The lowest BCUT2D eigenvalue weighted by Crippen LogP contribution is -2.74. The molecule has 1 heterocycles. The van der Waals surface area contributed by atoms with Gasteiger partial charge in [-0.15, -0.1) is 0 Å². The van der Waals surface area contributed by atoms with Crippen molar-refractivity contribution in [2.75, 3.05) is 40.3 Å². The summed E-state index contributed by atoms with van der Waals surface area (Å²) in [7, 11) is 3.57. The van der Waals surface area contributed by atoms with E-state index in [9.17, 15) is 10.0 Å². The van der Waals surface area contributed by atoms with Crippen molar-refractivity contribution >= 4 is 39.1 Å². The molecule has 150 valence electrons. The summed E-state index contributed by atoms with van der Waals surface area (Å²) in [5, 5.41) is 9.57. The first-order chi connectivity index (χ1) is 13.5. The largest absolute Gasteiger partial charge is 0.415 e. The van der Waals surface area contributed by atoms with Gasteiger partial charge in [0.1, 0.15) is 7.11 Å². The lowest BCUT2D eigenvalue weighted by molar-refractivity contribution is -0.830. The number of piperazine rings is 1. The molecule has 0 aromatic heterocycles. The molecule has 28 heavy (non-hydrogen) atoms. The molecule has 1 saturated heterocycles. The number of nitrogens with two attached hydrogens (primary N) is 1. The molecular formula is C19H25BrN4O4+2. The lowest BCUT2D eigenvalue weighted by atomic mass is 10.1. The predicted octanol–water partition coefficient (Wildman–Crippen LogP) is 1.87. The summed E-state index contributed by atoms with van der Waals surface area (Å²) in [5.74, 6) is 0.404. The summed E-state index contributed by atoms with van der Waals surface area (Å²) < 4.78 is 8.01. The number of hydrogen-bond donors (Lipinski definition) is 2. The van der Waals surface area contributed by atoms with E-state index >= 15 is 0 Å². The minimum Gasteiger partial charge on any atom is -0.402 e. The second-order valence-corrected chi connectivity index (χ2v) is 7.41. The van der Waals surface area contributed by atoms with Crippen LogP contribution in [0.4, 0.5) is 16.2 Å². The number of hydrogen-bond acceptors (Lipinski definition) is 5. The van der Waals surface area contributed by atoms with Crippen LogP contribution in [0, 0.1) is 0 Å². The summed E-state index contributed by atoms with van der Waals surface area (Å²) in [6.07, 6.45) is 3.93. The molecule has 0 saturated carbocycles. The van der Waals surface area contributed by atoms with Crippen LogP contribution in [0.1, 0.15) is 6.42 Å². The number of likely N-dealkylation sites (N-methyl/N-ethyl adjacent to an activating group) is 1. The molecule has 8 nitrogen and oxygen atoms in total. The van der Waals surface area contributed by atoms with Gasteiger partial charge in [0, 0.05) is 43.1 Å². The Bertz CT molecular complexity index is 829. The normalized spacial score (nSPS) is 19.6. The minimum atomic E-state index is -0.383. The maximum absolute atomic E-state index is 12.7. The predicted molar refractivity (Wildman–Crippen MR) is 107 cm³/mol. The van der Waals surface area contributed by atoms with Crippen LogP contribution in [0.3, 0.4) is 0 Å². The van der Waals surface area contributed by atoms with Gasteiger partial charge in [0.2, 0.25) is 11.4 Å². The number of amides is 1. The van der Waals surface area contributed by atoms with Gasteiger partial charge in [0.05, 0.1) is 10.9 Å². The van der Waals surface area contributed by atoms with Crippen LogP contribution in [0.5, 0.6) is 0 Å². The van der Waals surface area contributed by atoms with E-state index in [4.69, 9.17) is 9.57 Å². The molecule has 9 heteroatoms. The van der Waals surface area contributed by atoms with E-state index in [1.807, 2.05) is 37.4 Å². The highest BCUT2D eigenvalue weighted by Crippen LogP contribution is 2.28. The molecule has 0 radical (unpaired) electrons. The molecule has 1 aliphatic heterocycles. The Morgan fingerprint density at radius 3 is 2.64 bits per heavy atom. The van der Waals surface area contributed by atoms with Crippen LogP contribution < -0.4 is 5.48 Å². The molecular weight excluding hydrogens is 428 g/mol. The Morgan fingerprint density at radius 2 is 1.96 bits per heavy atom. The molecule has 0 bridgehead atoms. The maximum atomic E-state index is 12.7. The number of benzene rings is 1. The quantitative estimate of drug-likeness (QED) is 0.414.